The second-order valence-electron chi connectivity index (χ2n) is 9.93. The Morgan fingerprint density at radius 1 is 1.08 bits per heavy atom. The lowest BCUT2D eigenvalue weighted by atomic mass is 10.0. The number of halogens is 3. The summed E-state index contributed by atoms with van der Waals surface area (Å²) in [4.78, 5) is 31.4. The van der Waals surface area contributed by atoms with Gasteiger partial charge in [0.05, 0.1) is 34.4 Å². The highest BCUT2D eigenvalue weighted by Crippen LogP contribution is 2.25. The zero-order valence-electron chi connectivity index (χ0n) is 22.0. The van der Waals surface area contributed by atoms with Crippen LogP contribution in [0.2, 0.25) is 10.0 Å². The fourth-order valence-corrected chi connectivity index (χ4v) is 4.90. The van der Waals surface area contributed by atoms with Crippen molar-refractivity contribution in [2.45, 2.75) is 51.9 Å². The number of carbonyl (C=O) groups excluding carboxylic acids is 2. The molecule has 0 radical (unpaired) electrons. The predicted molar refractivity (Wildman–Crippen MR) is 144 cm³/mol. The molecule has 11 heteroatoms. The number of aliphatic hydroxyl groups excluding tert-OH is 2. The quantitative estimate of drug-likeness (QED) is 0.355. The van der Waals surface area contributed by atoms with Crippen molar-refractivity contribution in [1.82, 2.24) is 4.90 Å². The molecule has 1 aliphatic heterocycles. The third-order valence-corrected chi connectivity index (χ3v) is 7.15. The molecule has 0 saturated carbocycles. The number of hydrogen-bond donors (Lipinski definition) is 3. The van der Waals surface area contributed by atoms with Gasteiger partial charge in [-0.2, -0.15) is 4.99 Å². The van der Waals surface area contributed by atoms with Crippen molar-refractivity contribution in [1.29, 1.82) is 0 Å². The van der Waals surface area contributed by atoms with E-state index < -0.39 is 30.4 Å². The summed E-state index contributed by atoms with van der Waals surface area (Å²) in [6, 6.07) is 10.9. The number of likely N-dealkylation sites (N-methyl/N-ethyl adjacent to an activating group) is 1. The first-order valence-electron chi connectivity index (χ1n) is 12.6. The van der Waals surface area contributed by atoms with E-state index in [2.05, 4.69) is 0 Å². The Kier molecular flexibility index (Phi) is 10.6. The van der Waals surface area contributed by atoms with Gasteiger partial charge in [0.1, 0.15) is 11.5 Å². The van der Waals surface area contributed by atoms with E-state index in [0.717, 1.165) is 10.5 Å². The Balaban J connectivity index is 1.90. The number of allylic oxidation sites excluding steroid dienone is 1. The molecule has 8 nitrogen and oxygen atoms in total. The highest BCUT2D eigenvalue weighted by atomic mass is 35.5. The molecule has 1 aliphatic rings. The molecule has 2 aromatic rings. The van der Waals surface area contributed by atoms with Crippen molar-refractivity contribution >= 4 is 40.9 Å². The molecule has 3 atom stereocenters. The Labute approximate surface area is 237 Å². The fraction of sp³-hybridized carbons (Fsp3) is 0.393. The number of benzene rings is 2. The number of nitrogens with zero attached hydrogens (tertiary/aromatic N) is 2. The van der Waals surface area contributed by atoms with E-state index in [0.29, 0.717) is 33.7 Å². The van der Waals surface area contributed by atoms with Gasteiger partial charge in [-0.05, 0) is 48.4 Å². The molecule has 0 bridgehead atoms. The smallest absolute Gasteiger partial charge is 0.278 e. The van der Waals surface area contributed by atoms with Crippen LogP contribution in [0.1, 0.15) is 44.2 Å². The number of aliphatic imine (C=N–C) groups is 1. The summed E-state index contributed by atoms with van der Waals surface area (Å²) in [5.74, 6) is -1.73. The lowest BCUT2D eigenvalue weighted by molar-refractivity contribution is -0.764. The van der Waals surface area contributed by atoms with Crippen molar-refractivity contribution in [2.75, 3.05) is 13.6 Å². The van der Waals surface area contributed by atoms with Gasteiger partial charge >= 0.3 is 0 Å². The highest BCUT2D eigenvalue weighted by Gasteiger charge is 2.39. The van der Waals surface area contributed by atoms with Crippen LogP contribution in [0.3, 0.4) is 0 Å². The number of carboxylic acids is 1. The molecule has 1 amide bonds. The summed E-state index contributed by atoms with van der Waals surface area (Å²) >= 11 is 12.2. The molecule has 0 fully saturated rings. The molecular weight excluding hydrogens is 548 g/mol. The minimum atomic E-state index is -1.40. The van der Waals surface area contributed by atoms with Gasteiger partial charge in [-0.25, -0.2) is 4.39 Å². The molecule has 3 rings (SSSR count). The lowest BCUT2D eigenvalue weighted by Crippen LogP contribution is -3.12. The minimum absolute atomic E-state index is 0.111. The number of aliphatic carboxylic acids is 1. The van der Waals surface area contributed by atoms with Gasteiger partial charge in [-0.1, -0.05) is 43.1 Å². The third kappa shape index (κ3) is 8.09. The maximum atomic E-state index is 13.7. The Hall–Kier alpha value is -2.82. The summed E-state index contributed by atoms with van der Waals surface area (Å²) in [6.45, 7) is 4.43. The van der Waals surface area contributed by atoms with Crippen LogP contribution in [-0.2, 0) is 16.1 Å². The summed E-state index contributed by atoms with van der Waals surface area (Å²) < 4.78 is 13.7. The van der Waals surface area contributed by atoms with E-state index in [9.17, 15) is 29.3 Å². The summed E-state index contributed by atoms with van der Waals surface area (Å²) in [7, 11) is 1.66. The van der Waals surface area contributed by atoms with Crippen LogP contribution < -0.4 is 10.0 Å². The standard InChI is InChI=1S/C28H32Cl2FN3O5/c1-16(2)26-25(28(39)33(3)15-17-4-9-22(29)23(30)12-17)32-27(18-5-7-19(31)8-6-18)34(26)11-10-20(35)13-21(36)14-24(37)38/h4-9,12,16,20-21,35-36H,10-11,13-15H2,1-3H3,(H,37,38)/t20-,21-/m1/s1. The Morgan fingerprint density at radius 3 is 2.33 bits per heavy atom. The molecule has 39 heavy (non-hydrogen) atoms. The van der Waals surface area contributed by atoms with Gasteiger partial charge in [-0.3, -0.25) is 9.69 Å². The van der Waals surface area contributed by atoms with E-state index in [4.69, 9.17) is 28.2 Å². The number of amidine groups is 1. The van der Waals surface area contributed by atoms with Gasteiger partial charge in [0.2, 0.25) is 5.84 Å². The Bertz CT molecular complexity index is 1270. The molecule has 210 valence electrons. The summed E-state index contributed by atoms with van der Waals surface area (Å²) in [5.41, 5.74) is 2.37. The summed E-state index contributed by atoms with van der Waals surface area (Å²) in [6.07, 6.45) is -2.75. The average Bonchev–Trinajstić information content (AvgIpc) is 3.24. The van der Waals surface area contributed by atoms with Crippen molar-refractivity contribution in [3.63, 3.8) is 0 Å². The average molecular weight is 580 g/mol. The number of aliphatic hydroxyl groups is 2. The topological polar surface area (TPSA) is 118 Å². The lowest BCUT2D eigenvalue weighted by Gasteiger charge is -2.23. The maximum absolute atomic E-state index is 13.7. The molecule has 0 aliphatic carbocycles. The van der Waals surface area contributed by atoms with Crippen molar-refractivity contribution in [2.24, 2.45) is 10.9 Å². The SMILES string of the molecule is CC(C)C1=C(C(=O)N(C)Cc2ccc(Cl)c(Cl)c2)N=C(c2ccc(F)cc2)[NH+]1CC[C@@H](O)C[C@@H](O)CC(=O)[O-]. The fourth-order valence-electron chi connectivity index (χ4n) is 4.58. The van der Waals surface area contributed by atoms with Crippen LogP contribution in [0.15, 0.2) is 58.9 Å². The molecule has 2 aromatic carbocycles. The minimum Gasteiger partial charge on any atom is -0.550 e. The van der Waals surface area contributed by atoms with Crippen LogP contribution >= 0.6 is 23.2 Å². The first-order chi connectivity index (χ1) is 18.4. The monoisotopic (exact) mass is 579 g/mol. The van der Waals surface area contributed by atoms with Gasteiger partial charge in [0.15, 0.2) is 5.70 Å². The zero-order chi connectivity index (χ0) is 28.9. The van der Waals surface area contributed by atoms with E-state index in [1.54, 1.807) is 37.4 Å². The number of amides is 1. The number of carboxylic acid groups (broad SMARTS) is 1. The van der Waals surface area contributed by atoms with E-state index >= 15 is 0 Å². The number of nitrogens with one attached hydrogen (secondary N) is 1. The van der Waals surface area contributed by atoms with Gasteiger partial charge in [0, 0.05) is 38.3 Å². The molecule has 1 heterocycles. The Morgan fingerprint density at radius 2 is 1.74 bits per heavy atom. The van der Waals surface area contributed by atoms with Crippen LogP contribution in [0.5, 0.6) is 0 Å². The number of quaternary nitrogens is 1. The van der Waals surface area contributed by atoms with E-state index in [-0.39, 0.29) is 36.9 Å². The summed E-state index contributed by atoms with van der Waals surface area (Å²) in [5, 5.41) is 31.9. The van der Waals surface area contributed by atoms with Crippen molar-refractivity contribution in [3.05, 3.63) is 80.8 Å². The van der Waals surface area contributed by atoms with Crippen LogP contribution in [0, 0.1) is 11.7 Å². The third-order valence-electron chi connectivity index (χ3n) is 6.41. The van der Waals surface area contributed by atoms with Crippen LogP contribution in [0.25, 0.3) is 0 Å². The van der Waals surface area contributed by atoms with Gasteiger partial charge < -0.3 is 25.0 Å². The maximum Gasteiger partial charge on any atom is 0.278 e. The largest absolute Gasteiger partial charge is 0.550 e. The van der Waals surface area contributed by atoms with Crippen LogP contribution in [0.4, 0.5) is 4.39 Å². The normalized spacial score (nSPS) is 16.8. The molecule has 3 N–H and O–H groups in total. The van der Waals surface area contributed by atoms with Gasteiger partial charge in [0.25, 0.3) is 5.91 Å². The number of hydrogen-bond acceptors (Lipinski definition) is 6. The molecular formula is C28H32Cl2FN3O5. The number of rotatable bonds is 12. The molecule has 0 saturated heterocycles. The molecule has 0 spiro atoms. The second-order valence-corrected chi connectivity index (χ2v) is 10.7. The van der Waals surface area contributed by atoms with E-state index in [1.165, 1.54) is 17.0 Å². The second kappa shape index (κ2) is 13.5. The number of carbonyl (C=O) groups is 2. The van der Waals surface area contributed by atoms with Crippen LogP contribution in [-0.4, -0.2) is 58.6 Å². The first kappa shape index (κ1) is 30.7. The molecule has 1 unspecified atom stereocenters. The first-order valence-corrected chi connectivity index (χ1v) is 13.3. The highest BCUT2D eigenvalue weighted by molar-refractivity contribution is 6.42. The predicted octanol–water partition coefficient (Wildman–Crippen LogP) is 1.95. The zero-order valence-corrected chi connectivity index (χ0v) is 23.5. The van der Waals surface area contributed by atoms with Gasteiger partial charge in [-0.15, -0.1) is 0 Å². The van der Waals surface area contributed by atoms with Crippen molar-refractivity contribution in [3.8, 4) is 0 Å². The van der Waals surface area contributed by atoms with E-state index in [1.807, 2.05) is 13.8 Å². The van der Waals surface area contributed by atoms with Crippen molar-refractivity contribution < 1.29 is 34.2 Å². The molecule has 0 aromatic heterocycles.